The van der Waals surface area contributed by atoms with Gasteiger partial charge in [-0.2, -0.15) is 0 Å². The number of aryl methyl sites for hydroxylation is 1. The molecule has 0 radical (unpaired) electrons. The number of nitrogens with zero attached hydrogens (tertiary/aromatic N) is 2. The number of carboxylic acids is 1. The maximum absolute atomic E-state index is 10.8. The van der Waals surface area contributed by atoms with E-state index >= 15 is 0 Å². The summed E-state index contributed by atoms with van der Waals surface area (Å²) in [5, 5.41) is 9.23. The van der Waals surface area contributed by atoms with E-state index in [0.717, 1.165) is 18.7 Å². The Balaban J connectivity index is 2.61. The Kier molecular flexibility index (Phi) is 2.83. The van der Waals surface area contributed by atoms with E-state index in [1.54, 1.807) is 12.3 Å². The lowest BCUT2D eigenvalue weighted by Gasteiger charge is -2.00. The van der Waals surface area contributed by atoms with Crippen LogP contribution in [-0.4, -0.2) is 20.5 Å². The lowest BCUT2D eigenvalue weighted by molar-refractivity contribution is 0.0697. The number of rotatable bonds is 3. The first-order valence-electron chi connectivity index (χ1n) is 5.03. The van der Waals surface area contributed by atoms with Gasteiger partial charge in [0.1, 0.15) is 5.82 Å². The first kappa shape index (κ1) is 11.0. The van der Waals surface area contributed by atoms with Gasteiger partial charge in [0.15, 0.2) is 5.15 Å². The Labute approximate surface area is 97.5 Å². The highest BCUT2D eigenvalue weighted by Crippen LogP contribution is 2.20. The molecule has 0 aliphatic heterocycles. The van der Waals surface area contributed by atoms with Crippen LogP contribution in [0.15, 0.2) is 18.3 Å². The van der Waals surface area contributed by atoms with Gasteiger partial charge in [-0.15, -0.1) is 0 Å². The summed E-state index contributed by atoms with van der Waals surface area (Å²) in [4.78, 5) is 15.0. The van der Waals surface area contributed by atoms with Gasteiger partial charge in [-0.3, -0.25) is 0 Å². The summed E-state index contributed by atoms with van der Waals surface area (Å²) < 4.78 is 1.83. The first-order valence-corrected chi connectivity index (χ1v) is 5.41. The molecule has 2 rings (SSSR count). The SMILES string of the molecule is CCCc1nc(Cl)c2cc(C(=O)O)ccn12. The van der Waals surface area contributed by atoms with Crippen LogP contribution in [0, 0.1) is 0 Å². The van der Waals surface area contributed by atoms with Crippen molar-refractivity contribution in [3.05, 3.63) is 34.9 Å². The topological polar surface area (TPSA) is 54.6 Å². The van der Waals surface area contributed by atoms with E-state index in [-0.39, 0.29) is 5.56 Å². The fraction of sp³-hybridized carbons (Fsp3) is 0.273. The second-order valence-corrected chi connectivity index (χ2v) is 3.90. The Bertz CT molecular complexity index is 548. The van der Waals surface area contributed by atoms with Crippen LogP contribution >= 0.6 is 11.6 Å². The van der Waals surface area contributed by atoms with E-state index in [0.29, 0.717) is 10.7 Å². The minimum atomic E-state index is -0.961. The van der Waals surface area contributed by atoms with Crippen molar-refractivity contribution < 1.29 is 9.90 Å². The van der Waals surface area contributed by atoms with Gasteiger partial charge in [-0.05, 0) is 18.6 Å². The van der Waals surface area contributed by atoms with Crippen molar-refractivity contribution in [3.63, 3.8) is 0 Å². The molecule has 2 aromatic rings. The molecule has 0 saturated carbocycles. The Morgan fingerprint density at radius 2 is 2.38 bits per heavy atom. The Morgan fingerprint density at radius 3 is 3.00 bits per heavy atom. The molecule has 0 bridgehead atoms. The van der Waals surface area contributed by atoms with Gasteiger partial charge in [0.2, 0.25) is 0 Å². The van der Waals surface area contributed by atoms with E-state index in [1.165, 1.54) is 6.07 Å². The third kappa shape index (κ3) is 1.76. The number of aromatic nitrogens is 2. The van der Waals surface area contributed by atoms with E-state index in [2.05, 4.69) is 11.9 Å². The van der Waals surface area contributed by atoms with Crippen molar-refractivity contribution in [2.45, 2.75) is 19.8 Å². The lowest BCUT2D eigenvalue weighted by atomic mass is 10.2. The normalized spacial score (nSPS) is 10.9. The molecule has 84 valence electrons. The second kappa shape index (κ2) is 4.14. The summed E-state index contributed by atoms with van der Waals surface area (Å²) in [6.45, 7) is 2.06. The number of fused-ring (bicyclic) bond motifs is 1. The van der Waals surface area contributed by atoms with Crippen LogP contribution in [0.3, 0.4) is 0 Å². The van der Waals surface area contributed by atoms with Gasteiger partial charge in [-0.1, -0.05) is 18.5 Å². The molecule has 0 unspecified atom stereocenters. The number of imidazole rings is 1. The molecule has 5 heteroatoms. The Morgan fingerprint density at radius 1 is 1.62 bits per heavy atom. The van der Waals surface area contributed by atoms with E-state index in [1.807, 2.05) is 4.40 Å². The molecule has 16 heavy (non-hydrogen) atoms. The van der Waals surface area contributed by atoms with E-state index in [9.17, 15) is 4.79 Å². The maximum Gasteiger partial charge on any atom is 0.335 e. The third-order valence-corrected chi connectivity index (χ3v) is 2.67. The smallest absolute Gasteiger partial charge is 0.335 e. The monoisotopic (exact) mass is 238 g/mol. The molecule has 0 spiro atoms. The summed E-state index contributed by atoms with van der Waals surface area (Å²) in [5.74, 6) is -0.101. The zero-order valence-electron chi connectivity index (χ0n) is 8.77. The molecular formula is C11H11ClN2O2. The molecule has 0 amide bonds. The van der Waals surface area contributed by atoms with Crippen molar-refractivity contribution in [1.82, 2.24) is 9.38 Å². The average Bonchev–Trinajstić information content (AvgIpc) is 2.56. The van der Waals surface area contributed by atoms with Crippen LogP contribution in [0.5, 0.6) is 0 Å². The summed E-state index contributed by atoms with van der Waals surface area (Å²) in [7, 11) is 0. The summed E-state index contributed by atoms with van der Waals surface area (Å²) in [6, 6.07) is 3.09. The molecule has 4 nitrogen and oxygen atoms in total. The minimum absolute atomic E-state index is 0.220. The number of hydrogen-bond acceptors (Lipinski definition) is 2. The molecule has 0 atom stereocenters. The van der Waals surface area contributed by atoms with Crippen molar-refractivity contribution in [1.29, 1.82) is 0 Å². The van der Waals surface area contributed by atoms with Crippen molar-refractivity contribution in [3.8, 4) is 0 Å². The molecule has 0 fully saturated rings. The van der Waals surface area contributed by atoms with Crippen molar-refractivity contribution >= 4 is 23.1 Å². The predicted octanol–water partition coefficient (Wildman–Crippen LogP) is 2.64. The third-order valence-electron chi connectivity index (χ3n) is 2.39. The molecule has 0 aliphatic rings. The van der Waals surface area contributed by atoms with Crippen LogP contribution in [0.2, 0.25) is 5.15 Å². The minimum Gasteiger partial charge on any atom is -0.478 e. The van der Waals surface area contributed by atoms with Gasteiger partial charge < -0.3 is 9.51 Å². The summed E-state index contributed by atoms with van der Waals surface area (Å²) in [6.07, 6.45) is 3.49. The summed E-state index contributed by atoms with van der Waals surface area (Å²) >= 11 is 5.97. The largest absolute Gasteiger partial charge is 0.478 e. The van der Waals surface area contributed by atoms with Crippen LogP contribution < -0.4 is 0 Å². The number of halogens is 1. The highest BCUT2D eigenvalue weighted by Gasteiger charge is 2.11. The van der Waals surface area contributed by atoms with E-state index < -0.39 is 5.97 Å². The van der Waals surface area contributed by atoms with Crippen LogP contribution in [-0.2, 0) is 6.42 Å². The lowest BCUT2D eigenvalue weighted by Crippen LogP contribution is -1.99. The Hall–Kier alpha value is -1.55. The molecule has 2 heterocycles. The fourth-order valence-electron chi connectivity index (χ4n) is 1.64. The van der Waals surface area contributed by atoms with E-state index in [4.69, 9.17) is 16.7 Å². The predicted molar refractivity (Wildman–Crippen MR) is 61.2 cm³/mol. The van der Waals surface area contributed by atoms with Gasteiger partial charge >= 0.3 is 5.97 Å². The van der Waals surface area contributed by atoms with Gasteiger partial charge in [-0.25, -0.2) is 9.78 Å². The number of pyridine rings is 1. The zero-order valence-corrected chi connectivity index (χ0v) is 9.53. The highest BCUT2D eigenvalue weighted by atomic mass is 35.5. The number of carboxylic acid groups (broad SMARTS) is 1. The number of aromatic carboxylic acids is 1. The molecular weight excluding hydrogens is 228 g/mol. The number of hydrogen-bond donors (Lipinski definition) is 1. The van der Waals surface area contributed by atoms with Gasteiger partial charge in [0.25, 0.3) is 0 Å². The zero-order chi connectivity index (χ0) is 11.7. The maximum atomic E-state index is 10.8. The summed E-state index contributed by atoms with van der Waals surface area (Å²) in [5.41, 5.74) is 0.863. The standard InChI is InChI=1S/C11H11ClN2O2/c1-2-3-9-13-10(12)8-6-7(11(15)16)4-5-14(8)9/h4-6H,2-3H2,1H3,(H,15,16). The average molecular weight is 239 g/mol. The molecule has 1 N–H and O–H groups in total. The van der Waals surface area contributed by atoms with Crippen molar-refractivity contribution in [2.75, 3.05) is 0 Å². The first-order chi connectivity index (χ1) is 7.63. The highest BCUT2D eigenvalue weighted by molar-refractivity contribution is 6.32. The number of carbonyl (C=O) groups is 1. The molecule has 2 aromatic heterocycles. The van der Waals surface area contributed by atoms with Crippen LogP contribution in [0.4, 0.5) is 0 Å². The van der Waals surface area contributed by atoms with Gasteiger partial charge in [0, 0.05) is 12.6 Å². The fourth-order valence-corrected chi connectivity index (χ4v) is 1.88. The van der Waals surface area contributed by atoms with Crippen LogP contribution in [0.1, 0.15) is 29.5 Å². The molecule has 0 aromatic carbocycles. The molecule has 0 saturated heterocycles. The second-order valence-electron chi connectivity index (χ2n) is 3.54. The van der Waals surface area contributed by atoms with Gasteiger partial charge in [0.05, 0.1) is 11.1 Å². The van der Waals surface area contributed by atoms with Crippen LogP contribution in [0.25, 0.3) is 5.52 Å². The molecule has 0 aliphatic carbocycles. The van der Waals surface area contributed by atoms with Crippen molar-refractivity contribution in [2.24, 2.45) is 0 Å². The quantitative estimate of drug-likeness (QED) is 0.894.